The molecule has 0 aliphatic rings. The summed E-state index contributed by atoms with van der Waals surface area (Å²) in [5.41, 5.74) is 0.0725. The highest BCUT2D eigenvalue weighted by Gasteiger charge is 2.44. The molecule has 0 aromatic heterocycles. The van der Waals surface area contributed by atoms with Gasteiger partial charge in [0.05, 0.1) is 25.4 Å². The first-order chi connectivity index (χ1) is 16.2. The van der Waals surface area contributed by atoms with E-state index in [1.165, 1.54) is 7.11 Å². The lowest BCUT2D eigenvalue weighted by Crippen LogP contribution is -2.51. The van der Waals surface area contributed by atoms with E-state index in [2.05, 4.69) is 77.7 Å². The topological polar surface area (TPSA) is 85.9 Å². The molecule has 36 heavy (non-hydrogen) atoms. The maximum Gasteiger partial charge on any atom is 0.411 e. The van der Waals surface area contributed by atoms with Crippen molar-refractivity contribution in [3.8, 4) is 0 Å². The van der Waals surface area contributed by atoms with Gasteiger partial charge < -0.3 is 19.5 Å². The van der Waals surface area contributed by atoms with E-state index in [0.29, 0.717) is 23.9 Å². The minimum Gasteiger partial charge on any atom is -0.453 e. The van der Waals surface area contributed by atoms with Crippen LogP contribution in [0.3, 0.4) is 0 Å². The second kappa shape index (κ2) is 12.0. The van der Waals surface area contributed by atoms with E-state index in [9.17, 15) is 9.59 Å². The molecule has 0 spiro atoms. The summed E-state index contributed by atoms with van der Waals surface area (Å²) in [6.45, 7) is 25.2. The molecule has 1 aromatic carbocycles. The van der Waals surface area contributed by atoms with Crippen LogP contribution < -0.4 is 10.6 Å². The molecule has 2 N–H and O–H groups in total. The van der Waals surface area contributed by atoms with Crippen LogP contribution in [-0.4, -0.2) is 43.0 Å². The predicted molar refractivity (Wildman–Crippen MR) is 148 cm³/mol. The van der Waals surface area contributed by atoms with Crippen molar-refractivity contribution in [2.75, 3.05) is 24.4 Å². The normalized spacial score (nSPS) is 13.9. The van der Waals surface area contributed by atoms with Crippen molar-refractivity contribution in [2.24, 2.45) is 16.7 Å². The Hall–Kier alpha value is -2.12. The number of aryl methyl sites for hydroxylation is 1. The average molecular weight is 507 g/mol. The predicted octanol–water partition coefficient (Wildman–Crippen LogP) is 7.19. The number of carbonyl (C=O) groups excluding carboxylic acids is 2. The summed E-state index contributed by atoms with van der Waals surface area (Å²) in [6, 6.07) is 5.26. The number of carbonyl (C=O) groups is 2. The fourth-order valence-electron chi connectivity index (χ4n) is 3.86. The van der Waals surface area contributed by atoms with Crippen LogP contribution in [0.5, 0.6) is 0 Å². The van der Waals surface area contributed by atoms with Gasteiger partial charge in [0.15, 0.2) is 0 Å². The molecule has 0 heterocycles. The van der Waals surface area contributed by atoms with Gasteiger partial charge in [0.25, 0.3) is 5.91 Å². The Kier molecular flexibility index (Phi) is 10.6. The molecule has 1 unspecified atom stereocenters. The number of hydrogen-bond acceptors (Lipinski definition) is 5. The lowest BCUT2D eigenvalue weighted by Gasteiger charge is -2.47. The van der Waals surface area contributed by atoms with Gasteiger partial charge in [0.2, 0.25) is 0 Å². The molecule has 0 saturated heterocycles. The van der Waals surface area contributed by atoms with E-state index in [0.717, 1.165) is 12.0 Å². The second-order valence-electron chi connectivity index (χ2n) is 12.6. The standard InChI is InChI=1S/C29H50N2O5/c1-19(2)17-26(5,6)21(4)36-29(11,12)27(7,8)18-35-28(9,10)24(32)31-23-16-22(15-14-20(23)3)30-25(33)34-13/h14-16,19,21H,17-18H2,1-13H3,(H,30,33)(H,31,32). The van der Waals surface area contributed by atoms with Crippen LogP contribution in [-0.2, 0) is 19.0 Å². The molecule has 1 atom stereocenters. The average Bonchev–Trinajstić information content (AvgIpc) is 2.73. The highest BCUT2D eigenvalue weighted by molar-refractivity contribution is 5.98. The molecular weight excluding hydrogens is 456 g/mol. The Labute approximate surface area is 219 Å². The number of benzene rings is 1. The van der Waals surface area contributed by atoms with E-state index in [-0.39, 0.29) is 22.8 Å². The van der Waals surface area contributed by atoms with Gasteiger partial charge in [0.1, 0.15) is 5.60 Å². The molecule has 0 fully saturated rings. The molecule has 7 nitrogen and oxygen atoms in total. The number of hydrogen-bond donors (Lipinski definition) is 2. The summed E-state index contributed by atoms with van der Waals surface area (Å²) in [4.78, 5) is 24.7. The first kappa shape index (κ1) is 31.9. The molecule has 7 heteroatoms. The van der Waals surface area contributed by atoms with Gasteiger partial charge >= 0.3 is 6.09 Å². The van der Waals surface area contributed by atoms with Crippen molar-refractivity contribution in [2.45, 2.75) is 107 Å². The fourth-order valence-corrected chi connectivity index (χ4v) is 3.86. The maximum absolute atomic E-state index is 13.2. The van der Waals surface area contributed by atoms with Crippen LogP contribution in [0.25, 0.3) is 0 Å². The zero-order valence-electron chi connectivity index (χ0n) is 24.8. The third kappa shape index (κ3) is 8.77. The van der Waals surface area contributed by atoms with Crippen LogP contribution in [0.1, 0.15) is 88.1 Å². The molecule has 0 radical (unpaired) electrons. The quantitative estimate of drug-likeness (QED) is 0.313. The van der Waals surface area contributed by atoms with Crippen molar-refractivity contribution in [1.29, 1.82) is 0 Å². The van der Waals surface area contributed by atoms with Gasteiger partial charge in [-0.05, 0) is 77.0 Å². The molecular formula is C29H50N2O5. The van der Waals surface area contributed by atoms with Crippen LogP contribution in [0.4, 0.5) is 16.2 Å². The zero-order valence-corrected chi connectivity index (χ0v) is 24.8. The van der Waals surface area contributed by atoms with E-state index in [4.69, 9.17) is 9.47 Å². The van der Waals surface area contributed by atoms with Crippen LogP contribution in [0.15, 0.2) is 18.2 Å². The fraction of sp³-hybridized carbons (Fsp3) is 0.724. The summed E-state index contributed by atoms with van der Waals surface area (Å²) in [7, 11) is 1.30. The number of anilines is 2. The number of amides is 2. The number of methoxy groups -OCH3 is 1. The van der Waals surface area contributed by atoms with Crippen molar-refractivity contribution in [3.05, 3.63) is 23.8 Å². The molecule has 206 valence electrons. The molecule has 0 aliphatic carbocycles. The number of ether oxygens (including phenoxy) is 3. The van der Waals surface area contributed by atoms with Crippen LogP contribution in [0.2, 0.25) is 0 Å². The molecule has 1 rings (SSSR count). The Morgan fingerprint density at radius 2 is 1.53 bits per heavy atom. The zero-order chi connectivity index (χ0) is 28.1. The minimum atomic E-state index is -1.09. The van der Waals surface area contributed by atoms with Crippen molar-refractivity contribution >= 4 is 23.4 Å². The third-order valence-electron chi connectivity index (χ3n) is 7.39. The lowest BCUT2D eigenvalue weighted by atomic mass is 9.75. The van der Waals surface area contributed by atoms with Crippen molar-refractivity contribution in [1.82, 2.24) is 0 Å². The van der Waals surface area contributed by atoms with Crippen LogP contribution in [0, 0.1) is 23.7 Å². The molecule has 0 bridgehead atoms. The van der Waals surface area contributed by atoms with Crippen LogP contribution >= 0.6 is 0 Å². The van der Waals surface area contributed by atoms with Gasteiger partial charge in [-0.3, -0.25) is 10.1 Å². The highest BCUT2D eigenvalue weighted by atomic mass is 16.5. The van der Waals surface area contributed by atoms with Gasteiger partial charge in [-0.1, -0.05) is 47.6 Å². The summed E-state index contributed by atoms with van der Waals surface area (Å²) in [5.74, 6) is 0.312. The Bertz CT molecular complexity index is 903. The number of nitrogens with one attached hydrogen (secondary N) is 2. The van der Waals surface area contributed by atoms with E-state index in [1.807, 2.05) is 13.0 Å². The monoisotopic (exact) mass is 506 g/mol. The van der Waals surface area contributed by atoms with Gasteiger partial charge in [-0.2, -0.15) is 0 Å². The SMILES string of the molecule is COC(=O)Nc1ccc(C)c(NC(=O)C(C)(C)OCC(C)(C)C(C)(C)OC(C)C(C)(C)CC(C)C)c1. The Balaban J connectivity index is 2.90. The summed E-state index contributed by atoms with van der Waals surface area (Å²) >= 11 is 0. The van der Waals surface area contributed by atoms with Crippen molar-refractivity contribution in [3.63, 3.8) is 0 Å². The van der Waals surface area contributed by atoms with E-state index < -0.39 is 17.3 Å². The second-order valence-corrected chi connectivity index (χ2v) is 12.6. The first-order valence-corrected chi connectivity index (χ1v) is 12.8. The van der Waals surface area contributed by atoms with E-state index in [1.54, 1.807) is 26.0 Å². The van der Waals surface area contributed by atoms with Gasteiger partial charge in [-0.25, -0.2) is 4.79 Å². The molecule has 0 saturated carbocycles. The molecule has 0 aliphatic heterocycles. The van der Waals surface area contributed by atoms with Crippen molar-refractivity contribution < 1.29 is 23.8 Å². The lowest BCUT2D eigenvalue weighted by molar-refractivity contribution is -0.190. The number of rotatable bonds is 12. The largest absolute Gasteiger partial charge is 0.453 e. The Morgan fingerprint density at radius 3 is 2.06 bits per heavy atom. The molecule has 2 amide bonds. The maximum atomic E-state index is 13.2. The highest BCUT2D eigenvalue weighted by Crippen LogP contribution is 2.40. The van der Waals surface area contributed by atoms with E-state index >= 15 is 0 Å². The Morgan fingerprint density at radius 1 is 0.944 bits per heavy atom. The van der Waals surface area contributed by atoms with Gasteiger partial charge in [0, 0.05) is 16.8 Å². The minimum absolute atomic E-state index is 0.0383. The smallest absolute Gasteiger partial charge is 0.411 e. The molecule has 1 aromatic rings. The third-order valence-corrected chi connectivity index (χ3v) is 7.39. The summed E-state index contributed by atoms with van der Waals surface area (Å²) in [6.07, 6.45) is 0.553. The summed E-state index contributed by atoms with van der Waals surface area (Å²) in [5, 5.41) is 5.55. The first-order valence-electron chi connectivity index (χ1n) is 12.8. The summed E-state index contributed by atoms with van der Waals surface area (Å²) < 4.78 is 17.5. The van der Waals surface area contributed by atoms with Gasteiger partial charge in [-0.15, -0.1) is 0 Å².